The van der Waals surface area contributed by atoms with E-state index in [1.165, 1.54) is 14.2 Å². The Hall–Kier alpha value is -2.97. The van der Waals surface area contributed by atoms with Gasteiger partial charge in [0.1, 0.15) is 12.4 Å². The van der Waals surface area contributed by atoms with Crippen molar-refractivity contribution in [1.82, 2.24) is 5.32 Å². The van der Waals surface area contributed by atoms with Gasteiger partial charge in [-0.25, -0.2) is 0 Å². The van der Waals surface area contributed by atoms with Crippen LogP contribution >= 0.6 is 12.4 Å². The van der Waals surface area contributed by atoms with E-state index in [2.05, 4.69) is 10.6 Å². The summed E-state index contributed by atoms with van der Waals surface area (Å²) >= 11 is 0. The van der Waals surface area contributed by atoms with Crippen LogP contribution in [0.5, 0.6) is 17.2 Å². The van der Waals surface area contributed by atoms with Gasteiger partial charge < -0.3 is 30.6 Å². The van der Waals surface area contributed by atoms with Crippen molar-refractivity contribution in [2.75, 3.05) is 39.2 Å². The second-order valence-corrected chi connectivity index (χ2v) is 5.44. The summed E-state index contributed by atoms with van der Waals surface area (Å²) in [5.41, 5.74) is 6.41. The molecule has 2 aromatic rings. The van der Waals surface area contributed by atoms with Crippen LogP contribution in [0.1, 0.15) is 10.4 Å². The number of carbonyl (C=O) groups excluding carboxylic acids is 2. The van der Waals surface area contributed by atoms with Crippen molar-refractivity contribution in [3.8, 4) is 17.2 Å². The van der Waals surface area contributed by atoms with Crippen molar-refractivity contribution in [3.05, 3.63) is 48.0 Å². The molecule has 0 aliphatic rings. The first-order valence-electron chi connectivity index (χ1n) is 8.33. The first-order chi connectivity index (χ1) is 13.1. The monoisotopic (exact) mass is 409 g/mol. The van der Waals surface area contributed by atoms with Crippen LogP contribution in [0.4, 0.5) is 5.69 Å². The summed E-state index contributed by atoms with van der Waals surface area (Å²) in [4.78, 5) is 23.7. The van der Waals surface area contributed by atoms with E-state index in [0.717, 1.165) is 0 Å². The van der Waals surface area contributed by atoms with Gasteiger partial charge in [-0.05, 0) is 42.5 Å². The van der Waals surface area contributed by atoms with Crippen LogP contribution in [0.2, 0.25) is 0 Å². The summed E-state index contributed by atoms with van der Waals surface area (Å²) in [5, 5.41) is 5.25. The van der Waals surface area contributed by atoms with E-state index in [1.807, 2.05) is 0 Å². The lowest BCUT2D eigenvalue weighted by molar-refractivity contribution is -0.122. The molecule has 0 unspecified atom stereocenters. The van der Waals surface area contributed by atoms with Crippen molar-refractivity contribution in [2.24, 2.45) is 5.73 Å². The second kappa shape index (κ2) is 11.7. The summed E-state index contributed by atoms with van der Waals surface area (Å²) in [5.74, 6) is 0.841. The van der Waals surface area contributed by atoms with E-state index < -0.39 is 0 Å². The molecule has 0 aliphatic heterocycles. The molecule has 2 amide bonds. The number of ether oxygens (including phenoxy) is 3. The number of carbonyl (C=O) groups is 2. The molecule has 28 heavy (non-hydrogen) atoms. The van der Waals surface area contributed by atoms with Crippen molar-refractivity contribution in [2.45, 2.75) is 0 Å². The first-order valence-corrected chi connectivity index (χ1v) is 8.33. The molecule has 2 aromatic carbocycles. The minimum absolute atomic E-state index is 0. The Kier molecular flexibility index (Phi) is 9.63. The number of likely N-dealkylation sites (N-methyl/N-ethyl adjacent to an activating group) is 1. The zero-order valence-electron chi connectivity index (χ0n) is 15.7. The Morgan fingerprint density at radius 3 is 2.36 bits per heavy atom. The summed E-state index contributed by atoms with van der Waals surface area (Å²) in [6, 6.07) is 11.7. The SMILES string of the molecule is CNC(=O)COc1ccc(C(=O)Nc2ccc(OCCN)cc2)cc1OC.Cl. The number of rotatable bonds is 9. The lowest BCUT2D eigenvalue weighted by atomic mass is 10.2. The van der Waals surface area contributed by atoms with Gasteiger partial charge in [-0.3, -0.25) is 9.59 Å². The van der Waals surface area contributed by atoms with Crippen LogP contribution in [0.3, 0.4) is 0 Å². The number of halogens is 1. The Bertz CT molecular complexity index is 784. The highest BCUT2D eigenvalue weighted by atomic mass is 35.5. The fourth-order valence-electron chi connectivity index (χ4n) is 2.16. The summed E-state index contributed by atoms with van der Waals surface area (Å²) in [6.45, 7) is 0.722. The molecule has 4 N–H and O–H groups in total. The molecule has 0 aromatic heterocycles. The Labute approximate surface area is 169 Å². The van der Waals surface area contributed by atoms with Gasteiger partial charge in [0.2, 0.25) is 0 Å². The predicted octanol–water partition coefficient (Wildman–Crippen LogP) is 1.83. The molecule has 0 radical (unpaired) electrons. The zero-order chi connectivity index (χ0) is 19.6. The fraction of sp³-hybridized carbons (Fsp3) is 0.263. The van der Waals surface area contributed by atoms with Crippen LogP contribution in [0, 0.1) is 0 Å². The maximum atomic E-state index is 12.4. The maximum Gasteiger partial charge on any atom is 0.257 e. The van der Waals surface area contributed by atoms with E-state index in [4.69, 9.17) is 19.9 Å². The van der Waals surface area contributed by atoms with Crippen LogP contribution in [0.25, 0.3) is 0 Å². The molecule has 0 heterocycles. The molecule has 0 saturated heterocycles. The van der Waals surface area contributed by atoms with Gasteiger partial charge in [0, 0.05) is 24.8 Å². The van der Waals surface area contributed by atoms with Crippen LogP contribution in [-0.2, 0) is 4.79 Å². The minimum Gasteiger partial charge on any atom is -0.493 e. The molecule has 0 saturated carbocycles. The molecular weight excluding hydrogens is 386 g/mol. The quantitative estimate of drug-likeness (QED) is 0.582. The van der Waals surface area contributed by atoms with Crippen molar-refractivity contribution in [3.63, 3.8) is 0 Å². The number of anilines is 1. The predicted molar refractivity (Wildman–Crippen MR) is 109 cm³/mol. The summed E-state index contributed by atoms with van der Waals surface area (Å²) < 4.78 is 16.0. The molecule has 2 rings (SSSR count). The topological polar surface area (TPSA) is 112 Å². The highest BCUT2D eigenvalue weighted by Crippen LogP contribution is 2.28. The van der Waals surface area contributed by atoms with Gasteiger partial charge in [0.15, 0.2) is 18.1 Å². The smallest absolute Gasteiger partial charge is 0.257 e. The molecule has 152 valence electrons. The average Bonchev–Trinajstić information content (AvgIpc) is 2.71. The molecule has 9 heteroatoms. The van der Waals surface area contributed by atoms with E-state index in [9.17, 15) is 9.59 Å². The number of hydrogen-bond donors (Lipinski definition) is 3. The minimum atomic E-state index is -0.304. The van der Waals surface area contributed by atoms with Gasteiger partial charge >= 0.3 is 0 Å². The second-order valence-electron chi connectivity index (χ2n) is 5.44. The molecule has 8 nitrogen and oxygen atoms in total. The van der Waals surface area contributed by atoms with Crippen molar-refractivity contribution < 1.29 is 23.8 Å². The third-order valence-electron chi connectivity index (χ3n) is 3.56. The zero-order valence-corrected chi connectivity index (χ0v) is 16.5. The third-order valence-corrected chi connectivity index (χ3v) is 3.56. The average molecular weight is 410 g/mol. The molecule has 0 fully saturated rings. The first kappa shape index (κ1) is 23.1. The van der Waals surface area contributed by atoms with Crippen LogP contribution in [0.15, 0.2) is 42.5 Å². The number of nitrogens with one attached hydrogen (secondary N) is 2. The Balaban J connectivity index is 0.00000392. The lowest BCUT2D eigenvalue weighted by Crippen LogP contribution is -2.25. The van der Waals surface area contributed by atoms with Gasteiger partial charge in [0.25, 0.3) is 11.8 Å². The lowest BCUT2D eigenvalue weighted by Gasteiger charge is -2.12. The third kappa shape index (κ3) is 6.64. The largest absolute Gasteiger partial charge is 0.493 e. The van der Waals surface area contributed by atoms with E-state index in [0.29, 0.717) is 41.7 Å². The number of methoxy groups -OCH3 is 1. The summed E-state index contributed by atoms with van der Waals surface area (Å²) in [7, 11) is 2.98. The highest BCUT2D eigenvalue weighted by molar-refractivity contribution is 6.04. The van der Waals surface area contributed by atoms with Crippen LogP contribution < -0.4 is 30.6 Å². The maximum absolute atomic E-state index is 12.4. The van der Waals surface area contributed by atoms with Gasteiger partial charge in [-0.15, -0.1) is 12.4 Å². The van der Waals surface area contributed by atoms with Crippen molar-refractivity contribution in [1.29, 1.82) is 0 Å². The Morgan fingerprint density at radius 1 is 1.04 bits per heavy atom. The Morgan fingerprint density at radius 2 is 1.75 bits per heavy atom. The molecule has 0 spiro atoms. The molecule has 0 bridgehead atoms. The van der Waals surface area contributed by atoms with E-state index in [-0.39, 0.29) is 30.8 Å². The van der Waals surface area contributed by atoms with Crippen molar-refractivity contribution >= 4 is 29.9 Å². The van der Waals surface area contributed by atoms with Crippen LogP contribution in [-0.4, -0.2) is 45.7 Å². The molecular formula is C19H24ClN3O5. The number of hydrogen-bond acceptors (Lipinski definition) is 6. The number of amides is 2. The molecule has 0 aliphatic carbocycles. The fourth-order valence-corrected chi connectivity index (χ4v) is 2.16. The summed E-state index contributed by atoms with van der Waals surface area (Å²) in [6.07, 6.45) is 0. The van der Waals surface area contributed by atoms with Gasteiger partial charge in [-0.2, -0.15) is 0 Å². The number of benzene rings is 2. The molecule has 0 atom stereocenters. The normalized spacial score (nSPS) is 9.68. The standard InChI is InChI=1S/C19H23N3O5.ClH/c1-21-18(23)12-27-16-8-3-13(11-17(16)25-2)19(24)22-14-4-6-15(7-5-14)26-10-9-20;/h3-8,11H,9-10,12,20H2,1-2H3,(H,21,23)(H,22,24);1H. The highest BCUT2D eigenvalue weighted by Gasteiger charge is 2.12. The van der Waals surface area contributed by atoms with E-state index >= 15 is 0 Å². The van der Waals surface area contributed by atoms with Gasteiger partial charge in [-0.1, -0.05) is 0 Å². The van der Waals surface area contributed by atoms with Gasteiger partial charge in [0.05, 0.1) is 7.11 Å². The van der Waals surface area contributed by atoms with E-state index in [1.54, 1.807) is 42.5 Å². The number of nitrogens with two attached hydrogens (primary N) is 1.